The van der Waals surface area contributed by atoms with E-state index in [-0.39, 0.29) is 0 Å². The number of rotatable bonds is 3. The Labute approximate surface area is 109 Å². The molecule has 0 atom stereocenters. The molecule has 1 nitrogen and oxygen atoms in total. The number of ketones is 1. The van der Waals surface area contributed by atoms with Crippen LogP contribution in [0.15, 0.2) is 12.1 Å². The molecule has 0 aliphatic rings. The second-order valence-electron chi connectivity index (χ2n) is 3.73. The van der Waals surface area contributed by atoms with Crippen molar-refractivity contribution in [2.45, 2.75) is 18.0 Å². The molecule has 0 unspecified atom stereocenters. The van der Waals surface area contributed by atoms with Gasteiger partial charge in [-0.15, -0.1) is 0 Å². The van der Waals surface area contributed by atoms with Gasteiger partial charge >= 0.3 is 18.0 Å². The fourth-order valence-electron chi connectivity index (χ4n) is 1.19. The molecule has 1 aromatic rings. The molecule has 0 amide bonds. The summed E-state index contributed by atoms with van der Waals surface area (Å²) in [6.07, 6.45) is -6.79. The molecule has 0 N–H and O–H groups in total. The zero-order valence-electron chi connectivity index (χ0n) is 9.34. The molecule has 0 fully saturated rings. The molecule has 0 spiro atoms. The van der Waals surface area contributed by atoms with Gasteiger partial charge in [-0.3, -0.25) is 4.79 Å². The zero-order chi connectivity index (χ0) is 16.8. The maximum Gasteiger partial charge on any atom is 0.460 e. The highest BCUT2D eigenvalue weighted by molar-refractivity contribution is 6.02. The van der Waals surface area contributed by atoms with Crippen molar-refractivity contribution in [1.29, 1.82) is 0 Å². The van der Waals surface area contributed by atoms with Crippen LogP contribution in [0.25, 0.3) is 0 Å². The normalized spacial score (nSPS) is 13.4. The Morgan fingerprint density at radius 1 is 0.810 bits per heavy atom. The molecule has 0 aliphatic carbocycles. The number of hydrogen-bond acceptors (Lipinski definition) is 1. The van der Waals surface area contributed by atoms with Gasteiger partial charge in [0.25, 0.3) is 0 Å². The Hall–Kier alpha value is -1.81. The third-order valence-electron chi connectivity index (χ3n) is 2.28. The van der Waals surface area contributed by atoms with Gasteiger partial charge in [-0.1, -0.05) is 0 Å². The minimum absolute atomic E-state index is 0.416. The molecular weight excluding hydrogens is 326 g/mol. The molecule has 0 bridgehead atoms. The van der Waals surface area contributed by atoms with Crippen LogP contribution in [0.3, 0.4) is 0 Å². The lowest BCUT2D eigenvalue weighted by molar-refractivity contribution is -0.339. The monoisotopic (exact) mass is 328 g/mol. The number of hydrogen-bond donors (Lipinski definition) is 0. The highest BCUT2D eigenvalue weighted by Crippen LogP contribution is 2.47. The van der Waals surface area contributed by atoms with Gasteiger partial charge in [0.15, 0.2) is 17.5 Å². The van der Waals surface area contributed by atoms with Crippen LogP contribution in [0.5, 0.6) is 0 Å². The summed E-state index contributed by atoms with van der Waals surface area (Å²) in [4.78, 5) is 11.0. The molecule has 0 radical (unpaired) electrons. The first kappa shape index (κ1) is 17.2. The van der Waals surface area contributed by atoms with Gasteiger partial charge in [0.2, 0.25) is 5.78 Å². The molecule has 0 aromatic heterocycles. The van der Waals surface area contributed by atoms with Gasteiger partial charge in [-0.2, -0.15) is 30.7 Å². The van der Waals surface area contributed by atoms with Gasteiger partial charge in [0, 0.05) is 5.56 Å². The summed E-state index contributed by atoms with van der Waals surface area (Å²) >= 11 is 0. The number of carbonyl (C=O) groups excluding carboxylic acids is 1. The summed E-state index contributed by atoms with van der Waals surface area (Å²) in [6, 6.07) is -0.831. The largest absolute Gasteiger partial charge is 0.460 e. The highest BCUT2D eigenvalue weighted by Gasteiger charge is 2.76. The van der Waals surface area contributed by atoms with E-state index < -0.39 is 59.0 Å². The third kappa shape index (κ3) is 2.68. The van der Waals surface area contributed by atoms with Gasteiger partial charge in [-0.05, 0) is 12.1 Å². The van der Waals surface area contributed by atoms with Crippen molar-refractivity contribution in [3.05, 3.63) is 35.1 Å². The van der Waals surface area contributed by atoms with Gasteiger partial charge in [0.05, 0.1) is 0 Å². The second kappa shape index (κ2) is 4.88. The predicted molar refractivity (Wildman–Crippen MR) is 46.6 cm³/mol. The number of alkyl halides is 7. The molecule has 1 aromatic carbocycles. The Morgan fingerprint density at radius 3 is 1.52 bits per heavy atom. The average Bonchev–Trinajstić information content (AvgIpc) is 2.32. The van der Waals surface area contributed by atoms with E-state index in [0.717, 1.165) is 0 Å². The van der Waals surface area contributed by atoms with Crippen molar-refractivity contribution in [2.24, 2.45) is 0 Å². The van der Waals surface area contributed by atoms with Crippen molar-refractivity contribution < 1.29 is 48.7 Å². The lowest BCUT2D eigenvalue weighted by Crippen LogP contribution is -2.56. The van der Waals surface area contributed by atoms with Gasteiger partial charge < -0.3 is 0 Å². The summed E-state index contributed by atoms with van der Waals surface area (Å²) < 4.78 is 125. The summed E-state index contributed by atoms with van der Waals surface area (Å²) in [5.41, 5.74) is -1.87. The van der Waals surface area contributed by atoms with Crippen LogP contribution in [0.4, 0.5) is 43.9 Å². The van der Waals surface area contributed by atoms with Crippen molar-refractivity contribution in [1.82, 2.24) is 0 Å². The maximum atomic E-state index is 13.0. The van der Waals surface area contributed by atoms with E-state index in [1.807, 2.05) is 0 Å². The zero-order valence-corrected chi connectivity index (χ0v) is 9.34. The minimum atomic E-state index is -6.79. The quantitative estimate of drug-likeness (QED) is 0.463. The van der Waals surface area contributed by atoms with Crippen LogP contribution >= 0.6 is 0 Å². The highest BCUT2D eigenvalue weighted by atomic mass is 19.4. The molecule has 0 heterocycles. The predicted octanol–water partition coefficient (Wildman–Crippen LogP) is 4.12. The summed E-state index contributed by atoms with van der Waals surface area (Å²) in [5, 5.41) is 0. The van der Waals surface area contributed by atoms with Crippen LogP contribution in [-0.4, -0.2) is 23.8 Å². The summed E-state index contributed by atoms with van der Waals surface area (Å²) in [6.45, 7) is 0. The fourth-order valence-corrected chi connectivity index (χ4v) is 1.19. The lowest BCUT2D eigenvalue weighted by Gasteiger charge is -2.27. The van der Waals surface area contributed by atoms with Crippen molar-refractivity contribution >= 4 is 5.78 Å². The Bertz CT molecular complexity index is 551. The van der Waals surface area contributed by atoms with Gasteiger partial charge in [0.1, 0.15) is 0 Å². The van der Waals surface area contributed by atoms with E-state index in [0.29, 0.717) is 0 Å². The SMILES string of the molecule is O=C(c1cc(F)c(F)c(F)c1)C(F)(F)C(F)(F)C(F)(F)F. The van der Waals surface area contributed by atoms with E-state index in [4.69, 9.17) is 0 Å². The number of carbonyl (C=O) groups is 1. The van der Waals surface area contributed by atoms with E-state index in [1.165, 1.54) is 0 Å². The van der Waals surface area contributed by atoms with Crippen LogP contribution in [0.1, 0.15) is 10.4 Å². The molecule has 21 heavy (non-hydrogen) atoms. The molecule has 0 saturated carbocycles. The van der Waals surface area contributed by atoms with Crippen molar-refractivity contribution in [3.63, 3.8) is 0 Å². The van der Waals surface area contributed by atoms with Crippen LogP contribution < -0.4 is 0 Å². The molecule has 0 aliphatic heterocycles. The van der Waals surface area contributed by atoms with Crippen molar-refractivity contribution in [3.8, 4) is 0 Å². The molecule has 0 saturated heterocycles. The third-order valence-corrected chi connectivity index (χ3v) is 2.28. The molecule has 118 valence electrons. The summed E-state index contributed by atoms with van der Waals surface area (Å²) in [7, 11) is 0. The Kier molecular flexibility index (Phi) is 4.01. The Balaban J connectivity index is 3.37. The number of halogens is 10. The average molecular weight is 328 g/mol. The standard InChI is InChI=1S/C10H2F10O/c11-4-1-3(2-5(12)6(4)13)7(21)8(14,15)9(16,17)10(18,19)20/h1-2H. The number of Topliss-reactive ketones (excluding diaryl/α,β-unsaturated/α-hetero) is 1. The first-order valence-electron chi connectivity index (χ1n) is 4.75. The summed E-state index contributed by atoms with van der Waals surface area (Å²) in [5.74, 6) is -22.9. The first-order valence-corrected chi connectivity index (χ1v) is 4.75. The molecular formula is C10H2F10O. The maximum absolute atomic E-state index is 13.0. The second-order valence-corrected chi connectivity index (χ2v) is 3.73. The lowest BCUT2D eigenvalue weighted by atomic mass is 9.99. The van der Waals surface area contributed by atoms with Gasteiger partial charge in [-0.25, -0.2) is 13.2 Å². The number of benzene rings is 1. The van der Waals surface area contributed by atoms with E-state index in [9.17, 15) is 48.7 Å². The van der Waals surface area contributed by atoms with E-state index in [2.05, 4.69) is 0 Å². The van der Waals surface area contributed by atoms with E-state index in [1.54, 1.807) is 0 Å². The topological polar surface area (TPSA) is 17.1 Å². The first-order chi connectivity index (χ1) is 9.23. The molecule has 1 rings (SSSR count). The smallest absolute Gasteiger partial charge is 0.287 e. The van der Waals surface area contributed by atoms with E-state index >= 15 is 0 Å². The van der Waals surface area contributed by atoms with Crippen LogP contribution in [0, 0.1) is 17.5 Å². The van der Waals surface area contributed by atoms with Crippen LogP contribution in [-0.2, 0) is 0 Å². The minimum Gasteiger partial charge on any atom is -0.287 e. The molecule has 11 heteroatoms. The Morgan fingerprint density at radius 2 is 1.19 bits per heavy atom. The van der Waals surface area contributed by atoms with Crippen LogP contribution in [0.2, 0.25) is 0 Å². The van der Waals surface area contributed by atoms with Crippen molar-refractivity contribution in [2.75, 3.05) is 0 Å². The fraction of sp³-hybridized carbons (Fsp3) is 0.300.